The topological polar surface area (TPSA) is 192 Å². The first kappa shape index (κ1) is 41.5. The second kappa shape index (κ2) is 18.3. The van der Waals surface area contributed by atoms with E-state index in [0.717, 1.165) is 17.0 Å². The number of urea groups is 1. The number of nitrogens with zero attached hydrogens (tertiary/aromatic N) is 4. The highest BCUT2D eigenvalue weighted by Gasteiger charge is 2.39. The van der Waals surface area contributed by atoms with E-state index in [1.165, 1.54) is 65.7 Å². The molecule has 1 aliphatic heterocycles. The van der Waals surface area contributed by atoms with E-state index in [2.05, 4.69) is 10.5 Å². The lowest BCUT2D eigenvalue weighted by molar-refractivity contribution is -0.385. The van der Waals surface area contributed by atoms with Crippen molar-refractivity contribution in [2.24, 2.45) is 11.1 Å². The van der Waals surface area contributed by atoms with E-state index in [-0.39, 0.29) is 36.7 Å². The van der Waals surface area contributed by atoms with Gasteiger partial charge in [-0.05, 0) is 73.0 Å². The number of halogens is 2. The van der Waals surface area contributed by atoms with Gasteiger partial charge in [-0.25, -0.2) is 14.0 Å². The van der Waals surface area contributed by atoms with E-state index >= 15 is 0 Å². The number of amidine groups is 1. The molecule has 0 aromatic heterocycles. The highest BCUT2D eigenvalue weighted by Crippen LogP contribution is 2.36. The summed E-state index contributed by atoms with van der Waals surface area (Å²) in [6.45, 7) is 1.06. The summed E-state index contributed by atoms with van der Waals surface area (Å²) in [5, 5.41) is 28.6. The Morgan fingerprint density at radius 2 is 1.63 bits per heavy atom. The van der Waals surface area contributed by atoms with Gasteiger partial charge in [0.2, 0.25) is 5.91 Å². The Morgan fingerprint density at radius 3 is 2.23 bits per heavy atom. The molecule has 4 aromatic rings. The predicted octanol–water partition coefficient (Wildman–Crippen LogP) is 6.49. The van der Waals surface area contributed by atoms with Crippen LogP contribution < -0.4 is 29.1 Å². The summed E-state index contributed by atoms with van der Waals surface area (Å²) in [5.74, 6) is -1.64. The Hall–Kier alpha value is -6.62. The number of oxime groups is 1. The number of ether oxygens (including phenoxy) is 4. The first-order valence-corrected chi connectivity index (χ1v) is 17.6. The van der Waals surface area contributed by atoms with Crippen LogP contribution in [0.15, 0.2) is 78.0 Å². The Kier molecular flexibility index (Phi) is 13.4. The average Bonchev–Trinajstić information content (AvgIpc) is 3.32. The number of carbonyl (C=O) groups excluding carboxylic acids is 2. The van der Waals surface area contributed by atoms with Crippen LogP contribution in [0, 0.1) is 21.8 Å². The molecule has 0 radical (unpaired) electrons. The quantitative estimate of drug-likeness (QED) is 0.104. The highest BCUT2D eigenvalue weighted by molar-refractivity contribution is 6.30. The normalized spacial score (nSPS) is 15.4. The summed E-state index contributed by atoms with van der Waals surface area (Å²) >= 11 is 6.38. The molecule has 300 valence electrons. The van der Waals surface area contributed by atoms with Crippen LogP contribution >= 0.6 is 11.6 Å². The van der Waals surface area contributed by atoms with Crippen molar-refractivity contribution in [3.05, 3.63) is 116 Å². The summed E-state index contributed by atoms with van der Waals surface area (Å²) in [4.78, 5) is 59.8. The van der Waals surface area contributed by atoms with Crippen molar-refractivity contribution in [1.29, 1.82) is 0 Å². The van der Waals surface area contributed by atoms with Crippen molar-refractivity contribution in [3.8, 4) is 28.7 Å². The number of aromatic carboxylic acids is 1. The minimum absolute atomic E-state index is 0.0177. The SMILES string of the molecule is COc1cc(OC)c(CN2C[C@@H](Cc3cc(Cl)ccc3OC)C(=O)N(C(=O)N[C@H](C)c3ccc(C(=O)O)c([N+](=O)[O-])c3)CC2=NOc2ccc(F)cc2)c(OC)c1. The Morgan fingerprint density at radius 1 is 0.965 bits per heavy atom. The van der Waals surface area contributed by atoms with Gasteiger partial charge in [0, 0.05) is 29.8 Å². The van der Waals surface area contributed by atoms with Crippen LogP contribution in [0.2, 0.25) is 5.02 Å². The van der Waals surface area contributed by atoms with Crippen LogP contribution in [-0.4, -0.2) is 85.1 Å². The van der Waals surface area contributed by atoms with Crippen molar-refractivity contribution in [2.75, 3.05) is 41.5 Å². The number of rotatable bonds is 14. The fourth-order valence-corrected chi connectivity index (χ4v) is 6.44. The van der Waals surface area contributed by atoms with Crippen molar-refractivity contribution in [1.82, 2.24) is 15.1 Å². The summed E-state index contributed by atoms with van der Waals surface area (Å²) in [6, 6.07) is 15.0. The number of hydrogen-bond acceptors (Lipinski definition) is 11. The second-order valence-electron chi connectivity index (χ2n) is 12.7. The molecule has 0 unspecified atom stereocenters. The Labute approximate surface area is 331 Å². The molecule has 2 N–H and O–H groups in total. The summed E-state index contributed by atoms with van der Waals surface area (Å²) < 4.78 is 36.2. The van der Waals surface area contributed by atoms with Crippen LogP contribution in [0.4, 0.5) is 14.9 Å². The number of nitro benzene ring substituents is 1. The van der Waals surface area contributed by atoms with Crippen molar-refractivity contribution in [2.45, 2.75) is 25.9 Å². The van der Waals surface area contributed by atoms with Gasteiger partial charge < -0.3 is 39.1 Å². The standard InChI is InChI=1S/C39H39ClFN5O11/c1-22(23-6-12-30(38(48)49)32(16-23)46(51)52)42-39(50)45-21-36(43-57-28-10-8-27(41)9-11-28)44(20-31-34(55-4)17-29(53-2)18-35(31)56-5)19-25(37(45)47)14-24-15-26(40)7-13-33(24)54-3/h6-13,15-18,22,25H,14,19-21H2,1-5H3,(H,42,50)(H,48,49)/t22-,25-/m1/s1. The molecule has 2 atom stereocenters. The molecule has 1 heterocycles. The van der Waals surface area contributed by atoms with Gasteiger partial charge in [0.05, 0.1) is 64.0 Å². The molecule has 4 aromatic carbocycles. The van der Waals surface area contributed by atoms with Gasteiger partial charge in [-0.15, -0.1) is 0 Å². The molecule has 0 saturated carbocycles. The van der Waals surface area contributed by atoms with Crippen LogP contribution in [0.3, 0.4) is 0 Å². The molecule has 1 aliphatic rings. The molecule has 57 heavy (non-hydrogen) atoms. The third-order valence-corrected chi connectivity index (χ3v) is 9.43. The predicted molar refractivity (Wildman–Crippen MR) is 205 cm³/mol. The molecular formula is C39H39ClFN5O11. The maximum absolute atomic E-state index is 14.6. The van der Waals surface area contributed by atoms with Gasteiger partial charge in [0.15, 0.2) is 11.6 Å². The molecular weight excluding hydrogens is 769 g/mol. The lowest BCUT2D eigenvalue weighted by Crippen LogP contribution is -2.48. The van der Waals surface area contributed by atoms with Crippen molar-refractivity contribution < 1.29 is 52.6 Å². The van der Waals surface area contributed by atoms with E-state index in [4.69, 9.17) is 35.4 Å². The minimum atomic E-state index is -1.49. The first-order valence-electron chi connectivity index (χ1n) is 17.3. The van der Waals surface area contributed by atoms with E-state index in [1.807, 2.05) is 0 Å². The van der Waals surface area contributed by atoms with Crippen molar-refractivity contribution in [3.63, 3.8) is 0 Å². The summed E-state index contributed by atoms with van der Waals surface area (Å²) in [6.07, 6.45) is 0.0459. The van der Waals surface area contributed by atoms with E-state index in [1.54, 1.807) is 35.2 Å². The van der Waals surface area contributed by atoms with Gasteiger partial charge in [-0.3, -0.25) is 19.8 Å². The number of amides is 3. The number of nitrogens with one attached hydrogen (secondary N) is 1. The number of nitro groups is 1. The van der Waals surface area contributed by atoms with Gasteiger partial charge in [-0.2, -0.15) is 0 Å². The Balaban J connectivity index is 1.60. The van der Waals surface area contributed by atoms with Gasteiger partial charge in [0.1, 0.15) is 34.4 Å². The van der Waals surface area contributed by atoms with Crippen LogP contribution in [-0.2, 0) is 17.8 Å². The van der Waals surface area contributed by atoms with E-state index in [0.29, 0.717) is 39.1 Å². The molecule has 0 spiro atoms. The molecule has 16 nitrogen and oxygen atoms in total. The molecule has 3 amide bonds. The number of hydrogen-bond donors (Lipinski definition) is 2. The zero-order valence-corrected chi connectivity index (χ0v) is 32.2. The largest absolute Gasteiger partial charge is 0.496 e. The second-order valence-corrected chi connectivity index (χ2v) is 13.2. The molecule has 5 rings (SSSR count). The van der Waals surface area contributed by atoms with Crippen LogP contribution in [0.5, 0.6) is 28.7 Å². The molecule has 0 aliphatic carbocycles. The number of carboxylic acids is 1. The van der Waals surface area contributed by atoms with E-state index < -0.39 is 58.4 Å². The van der Waals surface area contributed by atoms with E-state index in [9.17, 15) is 34.0 Å². The zero-order valence-electron chi connectivity index (χ0n) is 31.5. The van der Waals surface area contributed by atoms with Gasteiger partial charge in [-0.1, -0.05) is 22.8 Å². The zero-order chi connectivity index (χ0) is 41.4. The average molecular weight is 808 g/mol. The fraction of sp³-hybridized carbons (Fsp3) is 0.282. The first-order chi connectivity index (χ1) is 27.3. The van der Waals surface area contributed by atoms with Crippen molar-refractivity contribution >= 4 is 41.0 Å². The third-order valence-electron chi connectivity index (χ3n) is 9.20. The summed E-state index contributed by atoms with van der Waals surface area (Å²) in [5.41, 5.74) is 0.118. The Bertz CT molecular complexity index is 2160. The number of methoxy groups -OCH3 is 4. The molecule has 1 fully saturated rings. The number of benzene rings is 4. The van der Waals surface area contributed by atoms with Crippen LogP contribution in [0.1, 0.15) is 40.0 Å². The maximum atomic E-state index is 14.6. The lowest BCUT2D eigenvalue weighted by atomic mass is 9.96. The highest BCUT2D eigenvalue weighted by atomic mass is 35.5. The monoisotopic (exact) mass is 807 g/mol. The van der Waals surface area contributed by atoms with Crippen LogP contribution in [0.25, 0.3) is 0 Å². The molecule has 18 heteroatoms. The van der Waals surface area contributed by atoms with Gasteiger partial charge >= 0.3 is 12.0 Å². The molecule has 1 saturated heterocycles. The lowest BCUT2D eigenvalue weighted by Gasteiger charge is -2.27. The van der Waals surface area contributed by atoms with Gasteiger partial charge in [0.25, 0.3) is 5.69 Å². The number of carbonyl (C=O) groups is 3. The molecule has 0 bridgehead atoms. The maximum Gasteiger partial charge on any atom is 0.342 e. The fourth-order valence-electron chi connectivity index (χ4n) is 6.25. The smallest absolute Gasteiger partial charge is 0.342 e. The summed E-state index contributed by atoms with van der Waals surface area (Å²) in [7, 11) is 5.92. The number of imide groups is 1. The third kappa shape index (κ3) is 9.80. The minimum Gasteiger partial charge on any atom is -0.496 e. The number of carboxylic acid groups (broad SMARTS) is 1.